The lowest BCUT2D eigenvalue weighted by Gasteiger charge is -2.21. The Balaban J connectivity index is 2.65. The molecular weight excluding hydrogens is 251 g/mol. The maximum atomic E-state index is 12.7. The van der Waals surface area contributed by atoms with Crippen molar-refractivity contribution in [2.45, 2.75) is 19.8 Å². The van der Waals surface area contributed by atoms with Gasteiger partial charge in [0.15, 0.2) is 0 Å². The molecular formula is C13H17FN2OS. The van der Waals surface area contributed by atoms with Gasteiger partial charge in [0.25, 0.3) is 0 Å². The number of halogens is 1. The van der Waals surface area contributed by atoms with E-state index in [2.05, 4.69) is 0 Å². The predicted molar refractivity (Wildman–Crippen MR) is 73.8 cm³/mol. The summed E-state index contributed by atoms with van der Waals surface area (Å²) in [5, 5.41) is 0. The number of benzene rings is 1. The maximum Gasteiger partial charge on any atom is 0.227 e. The molecule has 0 bridgehead atoms. The third-order valence-corrected chi connectivity index (χ3v) is 2.59. The average molecular weight is 268 g/mol. The van der Waals surface area contributed by atoms with Crippen LogP contribution >= 0.6 is 12.2 Å². The van der Waals surface area contributed by atoms with Gasteiger partial charge < -0.3 is 10.6 Å². The van der Waals surface area contributed by atoms with E-state index in [0.29, 0.717) is 18.1 Å². The van der Waals surface area contributed by atoms with Crippen LogP contribution in [0.4, 0.5) is 4.39 Å². The summed E-state index contributed by atoms with van der Waals surface area (Å²) in [7, 11) is 0. The van der Waals surface area contributed by atoms with Crippen LogP contribution in [0.1, 0.15) is 18.9 Å². The Hall–Kier alpha value is -1.49. The van der Waals surface area contributed by atoms with Crippen LogP contribution in [0, 0.1) is 5.82 Å². The molecule has 5 heteroatoms. The summed E-state index contributed by atoms with van der Waals surface area (Å²) < 4.78 is 12.7. The van der Waals surface area contributed by atoms with E-state index in [-0.39, 0.29) is 18.1 Å². The summed E-state index contributed by atoms with van der Waals surface area (Å²) in [5.41, 5.74) is 6.25. The Kier molecular flexibility index (Phi) is 5.71. The molecule has 0 radical (unpaired) electrons. The molecule has 0 aliphatic rings. The van der Waals surface area contributed by atoms with Crippen molar-refractivity contribution in [3.8, 4) is 0 Å². The van der Waals surface area contributed by atoms with E-state index in [1.807, 2.05) is 6.92 Å². The zero-order chi connectivity index (χ0) is 13.5. The van der Waals surface area contributed by atoms with Gasteiger partial charge in [-0.1, -0.05) is 31.3 Å². The number of carbonyl (C=O) groups is 1. The molecule has 0 spiro atoms. The van der Waals surface area contributed by atoms with E-state index in [9.17, 15) is 9.18 Å². The summed E-state index contributed by atoms with van der Waals surface area (Å²) in [5.74, 6) is -0.351. The molecule has 98 valence electrons. The number of carbonyl (C=O) groups excluding carboxylic acids is 1. The SMILES string of the molecule is CCCN(CC(N)=S)C(=O)Cc1ccc(F)cc1. The van der Waals surface area contributed by atoms with Crippen LogP contribution in [-0.2, 0) is 11.2 Å². The first-order valence-electron chi connectivity index (χ1n) is 5.83. The van der Waals surface area contributed by atoms with Crippen LogP contribution in [-0.4, -0.2) is 28.9 Å². The highest BCUT2D eigenvalue weighted by atomic mass is 32.1. The smallest absolute Gasteiger partial charge is 0.227 e. The molecule has 18 heavy (non-hydrogen) atoms. The third kappa shape index (κ3) is 4.79. The fourth-order valence-corrected chi connectivity index (χ4v) is 1.79. The molecule has 0 saturated carbocycles. The first-order chi connectivity index (χ1) is 8.52. The van der Waals surface area contributed by atoms with Gasteiger partial charge in [-0.15, -0.1) is 0 Å². The molecule has 0 saturated heterocycles. The molecule has 3 nitrogen and oxygen atoms in total. The summed E-state index contributed by atoms with van der Waals surface area (Å²) in [6, 6.07) is 5.91. The summed E-state index contributed by atoms with van der Waals surface area (Å²) >= 11 is 4.82. The number of thiocarbonyl (C=S) groups is 1. The lowest BCUT2D eigenvalue weighted by molar-refractivity contribution is -0.129. The highest BCUT2D eigenvalue weighted by Crippen LogP contribution is 2.06. The minimum Gasteiger partial charge on any atom is -0.392 e. The van der Waals surface area contributed by atoms with Gasteiger partial charge in [0.05, 0.1) is 18.0 Å². The van der Waals surface area contributed by atoms with Gasteiger partial charge in [0.2, 0.25) is 5.91 Å². The summed E-state index contributed by atoms with van der Waals surface area (Å²) in [6.45, 7) is 2.90. The zero-order valence-electron chi connectivity index (χ0n) is 10.4. The van der Waals surface area contributed by atoms with E-state index < -0.39 is 0 Å². The van der Waals surface area contributed by atoms with Crippen LogP contribution < -0.4 is 5.73 Å². The molecule has 1 rings (SSSR count). The van der Waals surface area contributed by atoms with Crippen molar-refractivity contribution in [3.63, 3.8) is 0 Å². The second kappa shape index (κ2) is 7.06. The monoisotopic (exact) mass is 268 g/mol. The molecule has 1 aromatic rings. The number of hydrogen-bond acceptors (Lipinski definition) is 2. The topological polar surface area (TPSA) is 46.3 Å². The van der Waals surface area contributed by atoms with Crippen molar-refractivity contribution in [1.29, 1.82) is 0 Å². The lowest BCUT2D eigenvalue weighted by atomic mass is 10.1. The van der Waals surface area contributed by atoms with Crippen molar-refractivity contribution < 1.29 is 9.18 Å². The minimum atomic E-state index is -0.306. The van der Waals surface area contributed by atoms with E-state index in [1.54, 1.807) is 17.0 Å². The average Bonchev–Trinajstić information content (AvgIpc) is 2.31. The quantitative estimate of drug-likeness (QED) is 0.801. The van der Waals surface area contributed by atoms with Crippen LogP contribution in [0.2, 0.25) is 0 Å². The second-order valence-electron chi connectivity index (χ2n) is 4.08. The van der Waals surface area contributed by atoms with Gasteiger partial charge in [-0.2, -0.15) is 0 Å². The molecule has 0 atom stereocenters. The maximum absolute atomic E-state index is 12.7. The molecule has 2 N–H and O–H groups in total. The molecule has 1 amide bonds. The Bertz CT molecular complexity index is 420. The van der Waals surface area contributed by atoms with Crippen molar-refractivity contribution in [3.05, 3.63) is 35.6 Å². The minimum absolute atomic E-state index is 0.0451. The van der Waals surface area contributed by atoms with E-state index >= 15 is 0 Å². The standard InChI is InChI=1S/C13H17FN2OS/c1-2-7-16(9-12(15)18)13(17)8-10-3-5-11(14)6-4-10/h3-6H,2,7-9H2,1H3,(H2,15,18). The molecule has 0 unspecified atom stereocenters. The van der Waals surface area contributed by atoms with Crippen LogP contribution in [0.3, 0.4) is 0 Å². The normalized spacial score (nSPS) is 10.1. The molecule has 1 aromatic carbocycles. The first-order valence-corrected chi connectivity index (χ1v) is 6.24. The third-order valence-electron chi connectivity index (χ3n) is 2.46. The van der Waals surface area contributed by atoms with Crippen molar-refractivity contribution >= 4 is 23.1 Å². The highest BCUT2D eigenvalue weighted by molar-refractivity contribution is 7.80. The van der Waals surface area contributed by atoms with E-state index in [0.717, 1.165) is 12.0 Å². The molecule has 0 aliphatic carbocycles. The Morgan fingerprint density at radius 3 is 2.50 bits per heavy atom. The van der Waals surface area contributed by atoms with Crippen LogP contribution in [0.15, 0.2) is 24.3 Å². The first kappa shape index (κ1) is 14.6. The molecule has 0 heterocycles. The van der Waals surface area contributed by atoms with Crippen LogP contribution in [0.5, 0.6) is 0 Å². The van der Waals surface area contributed by atoms with Crippen molar-refractivity contribution in [1.82, 2.24) is 4.90 Å². The van der Waals surface area contributed by atoms with Crippen molar-refractivity contribution in [2.24, 2.45) is 5.73 Å². The number of amides is 1. The van der Waals surface area contributed by atoms with E-state index in [4.69, 9.17) is 18.0 Å². The number of hydrogen-bond donors (Lipinski definition) is 1. The van der Waals surface area contributed by atoms with Gasteiger partial charge >= 0.3 is 0 Å². The molecule has 0 aromatic heterocycles. The Morgan fingerprint density at radius 1 is 1.39 bits per heavy atom. The Morgan fingerprint density at radius 2 is 2.00 bits per heavy atom. The van der Waals surface area contributed by atoms with Gasteiger partial charge in [0, 0.05) is 6.54 Å². The molecule has 0 fully saturated rings. The van der Waals surface area contributed by atoms with Gasteiger partial charge in [-0.25, -0.2) is 4.39 Å². The second-order valence-corrected chi connectivity index (χ2v) is 4.61. The van der Waals surface area contributed by atoms with Gasteiger partial charge in [-0.3, -0.25) is 4.79 Å². The lowest BCUT2D eigenvalue weighted by Crippen LogP contribution is -2.39. The number of rotatable bonds is 6. The molecule has 0 aliphatic heterocycles. The fraction of sp³-hybridized carbons (Fsp3) is 0.385. The van der Waals surface area contributed by atoms with E-state index in [1.165, 1.54) is 12.1 Å². The highest BCUT2D eigenvalue weighted by Gasteiger charge is 2.13. The number of nitrogens with zero attached hydrogens (tertiary/aromatic N) is 1. The van der Waals surface area contributed by atoms with Crippen molar-refractivity contribution in [2.75, 3.05) is 13.1 Å². The largest absolute Gasteiger partial charge is 0.392 e. The number of nitrogens with two attached hydrogens (primary N) is 1. The summed E-state index contributed by atoms with van der Waals surface area (Å²) in [4.78, 5) is 14.0. The Labute approximate surface area is 112 Å². The predicted octanol–water partition coefficient (Wildman–Crippen LogP) is 1.89. The summed E-state index contributed by atoms with van der Waals surface area (Å²) in [6.07, 6.45) is 1.08. The van der Waals surface area contributed by atoms with Gasteiger partial charge in [0.1, 0.15) is 5.82 Å². The fourth-order valence-electron chi connectivity index (χ4n) is 1.64. The van der Waals surface area contributed by atoms with Crippen LogP contribution in [0.25, 0.3) is 0 Å². The zero-order valence-corrected chi connectivity index (χ0v) is 11.2. The van der Waals surface area contributed by atoms with Gasteiger partial charge in [-0.05, 0) is 24.1 Å².